The molecule has 3 atom stereocenters. The molecule has 0 aromatic heterocycles. The van der Waals surface area contributed by atoms with E-state index >= 15 is 0 Å². The van der Waals surface area contributed by atoms with Crippen molar-refractivity contribution in [3.8, 4) is 11.5 Å². The molecule has 0 aliphatic carbocycles. The van der Waals surface area contributed by atoms with Gasteiger partial charge in [-0.3, -0.25) is 0 Å². The fourth-order valence-electron chi connectivity index (χ4n) is 3.74. The van der Waals surface area contributed by atoms with Crippen LogP contribution in [0.25, 0.3) is 0 Å². The van der Waals surface area contributed by atoms with Gasteiger partial charge in [-0.25, -0.2) is 0 Å². The second-order valence-corrected chi connectivity index (χ2v) is 6.36. The van der Waals surface area contributed by atoms with Gasteiger partial charge in [-0.2, -0.15) is 0 Å². The van der Waals surface area contributed by atoms with Gasteiger partial charge in [-0.15, -0.1) is 0 Å². The number of para-hydroxylation sites is 1. The van der Waals surface area contributed by atoms with E-state index in [9.17, 15) is 0 Å². The molecule has 2 heterocycles. The first-order valence-electron chi connectivity index (χ1n) is 8.14. The highest BCUT2D eigenvalue weighted by Gasteiger charge is 2.38. The number of benzene rings is 2. The Hall–Kier alpha value is -1.84. The summed E-state index contributed by atoms with van der Waals surface area (Å²) in [5, 5.41) is 7.21. The molecule has 0 spiro atoms. The first kappa shape index (κ1) is 13.8. The Balaban J connectivity index is 1.45. The number of fused-ring (bicyclic) bond motifs is 1. The highest BCUT2D eigenvalue weighted by atomic mass is 16.5. The van der Waals surface area contributed by atoms with Crippen LogP contribution in [-0.4, -0.2) is 25.7 Å². The standard InChI is InChI=1S/C19H22N2O/c1-2-6-16(7-3-1)22-17-8-4-5-14(9-17)10-19-18-13-20-11-15(18)12-21-19/h1-9,15,18-21H,10-13H2. The van der Waals surface area contributed by atoms with Crippen molar-refractivity contribution in [2.75, 3.05) is 19.6 Å². The summed E-state index contributed by atoms with van der Waals surface area (Å²) in [6.45, 7) is 3.48. The summed E-state index contributed by atoms with van der Waals surface area (Å²) in [6, 6.07) is 19.0. The zero-order valence-corrected chi connectivity index (χ0v) is 12.7. The molecule has 2 N–H and O–H groups in total. The van der Waals surface area contributed by atoms with Crippen LogP contribution in [0.15, 0.2) is 54.6 Å². The van der Waals surface area contributed by atoms with Gasteiger partial charge in [0.1, 0.15) is 11.5 Å². The summed E-state index contributed by atoms with van der Waals surface area (Å²) in [7, 11) is 0. The van der Waals surface area contributed by atoms with Gasteiger partial charge in [0.05, 0.1) is 0 Å². The Morgan fingerprint density at radius 3 is 2.68 bits per heavy atom. The Bertz CT molecular complexity index is 628. The highest BCUT2D eigenvalue weighted by Crippen LogP contribution is 2.29. The van der Waals surface area contributed by atoms with Gasteiger partial charge >= 0.3 is 0 Å². The molecule has 0 amide bonds. The van der Waals surface area contributed by atoms with Crippen molar-refractivity contribution >= 4 is 0 Å². The first-order chi connectivity index (χ1) is 10.9. The zero-order valence-electron chi connectivity index (χ0n) is 12.7. The van der Waals surface area contributed by atoms with E-state index in [0.717, 1.165) is 42.8 Å². The van der Waals surface area contributed by atoms with Gasteiger partial charge in [0.2, 0.25) is 0 Å². The third-order valence-corrected chi connectivity index (χ3v) is 4.88. The molecule has 3 nitrogen and oxygen atoms in total. The molecule has 114 valence electrons. The van der Waals surface area contributed by atoms with Crippen LogP contribution in [0, 0.1) is 11.8 Å². The minimum absolute atomic E-state index is 0.590. The fourth-order valence-corrected chi connectivity index (χ4v) is 3.74. The number of hydrogen-bond acceptors (Lipinski definition) is 3. The van der Waals surface area contributed by atoms with E-state index in [2.05, 4.69) is 28.8 Å². The van der Waals surface area contributed by atoms with E-state index < -0.39 is 0 Å². The summed E-state index contributed by atoms with van der Waals surface area (Å²) < 4.78 is 5.94. The average molecular weight is 294 g/mol. The molecule has 0 saturated carbocycles. The van der Waals surface area contributed by atoms with E-state index in [0.29, 0.717) is 6.04 Å². The predicted octanol–water partition coefficient (Wildman–Crippen LogP) is 2.83. The molecule has 2 aromatic carbocycles. The van der Waals surface area contributed by atoms with Crippen LogP contribution in [0.3, 0.4) is 0 Å². The normalized spacial score (nSPS) is 26.8. The maximum Gasteiger partial charge on any atom is 0.127 e. The fraction of sp³-hybridized carbons (Fsp3) is 0.368. The van der Waals surface area contributed by atoms with Crippen LogP contribution in [-0.2, 0) is 6.42 Å². The van der Waals surface area contributed by atoms with E-state index in [1.165, 1.54) is 12.1 Å². The molecule has 2 aliphatic heterocycles. The van der Waals surface area contributed by atoms with Gasteiger partial charge in [-0.1, -0.05) is 30.3 Å². The molecule has 2 fully saturated rings. The van der Waals surface area contributed by atoms with Crippen molar-refractivity contribution in [2.45, 2.75) is 12.5 Å². The van der Waals surface area contributed by atoms with Crippen LogP contribution in [0.2, 0.25) is 0 Å². The van der Waals surface area contributed by atoms with Crippen LogP contribution in [0.4, 0.5) is 0 Å². The Morgan fingerprint density at radius 2 is 1.77 bits per heavy atom. The van der Waals surface area contributed by atoms with Crippen molar-refractivity contribution in [1.29, 1.82) is 0 Å². The molecule has 2 saturated heterocycles. The van der Waals surface area contributed by atoms with Crippen LogP contribution < -0.4 is 15.4 Å². The summed E-state index contributed by atoms with van der Waals surface area (Å²) in [4.78, 5) is 0. The predicted molar refractivity (Wildman–Crippen MR) is 88.3 cm³/mol. The van der Waals surface area contributed by atoms with Crippen molar-refractivity contribution in [3.63, 3.8) is 0 Å². The smallest absolute Gasteiger partial charge is 0.127 e. The van der Waals surface area contributed by atoms with Crippen LogP contribution in [0.5, 0.6) is 11.5 Å². The molecule has 2 aliphatic rings. The lowest BCUT2D eigenvalue weighted by Gasteiger charge is -2.18. The molecule has 3 heteroatoms. The first-order valence-corrected chi connectivity index (χ1v) is 8.14. The van der Waals surface area contributed by atoms with Crippen molar-refractivity contribution in [3.05, 3.63) is 60.2 Å². The highest BCUT2D eigenvalue weighted by molar-refractivity contribution is 5.34. The maximum atomic E-state index is 5.94. The second kappa shape index (κ2) is 6.11. The van der Waals surface area contributed by atoms with Gasteiger partial charge in [0.15, 0.2) is 0 Å². The lowest BCUT2D eigenvalue weighted by Crippen LogP contribution is -2.32. The number of ether oxygens (including phenoxy) is 1. The third kappa shape index (κ3) is 2.87. The maximum absolute atomic E-state index is 5.94. The summed E-state index contributed by atoms with van der Waals surface area (Å²) in [5.74, 6) is 3.40. The van der Waals surface area contributed by atoms with Crippen molar-refractivity contribution in [1.82, 2.24) is 10.6 Å². The number of hydrogen-bond donors (Lipinski definition) is 2. The summed E-state index contributed by atoms with van der Waals surface area (Å²) in [5.41, 5.74) is 1.35. The zero-order chi connectivity index (χ0) is 14.8. The molecule has 0 bridgehead atoms. The molecular formula is C19H22N2O. The Morgan fingerprint density at radius 1 is 0.909 bits per heavy atom. The van der Waals surface area contributed by atoms with Gasteiger partial charge in [0, 0.05) is 6.04 Å². The SMILES string of the molecule is c1ccc(Oc2cccc(CC3NCC4CNCC43)c2)cc1. The molecule has 4 rings (SSSR count). The second-order valence-electron chi connectivity index (χ2n) is 6.36. The van der Waals surface area contributed by atoms with Gasteiger partial charge in [-0.05, 0) is 67.7 Å². The molecule has 0 radical (unpaired) electrons. The average Bonchev–Trinajstić information content (AvgIpc) is 3.14. The van der Waals surface area contributed by atoms with E-state index in [1.807, 2.05) is 36.4 Å². The minimum Gasteiger partial charge on any atom is -0.457 e. The lowest BCUT2D eigenvalue weighted by atomic mass is 9.90. The Labute approximate surface area is 131 Å². The van der Waals surface area contributed by atoms with Gasteiger partial charge < -0.3 is 15.4 Å². The van der Waals surface area contributed by atoms with Crippen molar-refractivity contribution in [2.24, 2.45) is 11.8 Å². The minimum atomic E-state index is 0.590. The number of rotatable bonds is 4. The van der Waals surface area contributed by atoms with Gasteiger partial charge in [0.25, 0.3) is 0 Å². The summed E-state index contributed by atoms with van der Waals surface area (Å²) >= 11 is 0. The quantitative estimate of drug-likeness (QED) is 0.910. The lowest BCUT2D eigenvalue weighted by molar-refractivity contribution is 0.434. The molecule has 2 aromatic rings. The topological polar surface area (TPSA) is 33.3 Å². The Kier molecular flexibility index (Phi) is 3.83. The molecule has 3 unspecified atom stereocenters. The van der Waals surface area contributed by atoms with E-state index in [-0.39, 0.29) is 0 Å². The van der Waals surface area contributed by atoms with E-state index in [1.54, 1.807) is 0 Å². The molecular weight excluding hydrogens is 272 g/mol. The monoisotopic (exact) mass is 294 g/mol. The van der Waals surface area contributed by atoms with Crippen molar-refractivity contribution < 1.29 is 4.74 Å². The summed E-state index contributed by atoms with van der Waals surface area (Å²) in [6.07, 6.45) is 1.08. The largest absolute Gasteiger partial charge is 0.457 e. The van der Waals surface area contributed by atoms with Crippen LogP contribution in [0.1, 0.15) is 5.56 Å². The molecule has 22 heavy (non-hydrogen) atoms. The number of nitrogens with one attached hydrogen (secondary N) is 2. The van der Waals surface area contributed by atoms with Crippen LogP contribution >= 0.6 is 0 Å². The third-order valence-electron chi connectivity index (χ3n) is 4.88. The van der Waals surface area contributed by atoms with E-state index in [4.69, 9.17) is 4.74 Å².